The number of anilines is 13. The molecule has 5 heterocycles. The topological polar surface area (TPSA) is 16.2 Å². The molecule has 534 valence electrons. The summed E-state index contributed by atoms with van der Waals surface area (Å²) in [5.41, 5.74) is 39.2. The minimum atomic E-state index is -0.240. The Balaban J connectivity index is 0.870. The molecule has 0 spiro atoms. The van der Waals surface area contributed by atoms with Crippen LogP contribution in [0, 0.1) is 17.8 Å². The Morgan fingerprint density at radius 2 is 0.566 bits per heavy atom. The second-order valence-electron chi connectivity index (χ2n) is 32.1. The van der Waals surface area contributed by atoms with Crippen LogP contribution in [-0.2, 0) is 0 Å². The quantitative estimate of drug-likeness (QED) is 0.113. The van der Waals surface area contributed by atoms with E-state index in [0.29, 0.717) is 12.0 Å². The highest BCUT2D eigenvalue weighted by atomic mass is 15.2. The summed E-state index contributed by atoms with van der Waals surface area (Å²) in [4.78, 5) is 13.8. The van der Waals surface area contributed by atoms with Crippen molar-refractivity contribution in [2.75, 3.05) is 31.0 Å². The molecule has 7 aliphatic rings. The van der Waals surface area contributed by atoms with Crippen molar-refractivity contribution in [3.8, 4) is 77.9 Å². The monoisotopic (exact) mass is 1440 g/mol. The zero-order valence-corrected chi connectivity index (χ0v) is 62.8. The van der Waals surface area contributed by atoms with E-state index in [0.717, 1.165) is 108 Å². The van der Waals surface area contributed by atoms with Crippen LogP contribution in [0.25, 0.3) is 77.9 Å². The molecule has 4 unspecified atom stereocenters. The van der Waals surface area contributed by atoms with Crippen molar-refractivity contribution in [3.05, 3.63) is 382 Å². The molecule has 0 radical (unpaired) electrons. The van der Waals surface area contributed by atoms with E-state index < -0.39 is 0 Å². The fraction of sp³-hybridized carbons (Fsp3) is 0.0943. The first kappa shape index (κ1) is 65.5. The third-order valence-electron chi connectivity index (χ3n) is 26.1. The lowest BCUT2D eigenvalue weighted by Gasteiger charge is -2.54. The van der Waals surface area contributed by atoms with Crippen molar-refractivity contribution in [2.24, 2.45) is 17.8 Å². The van der Waals surface area contributed by atoms with Crippen molar-refractivity contribution < 1.29 is 0 Å². The number of piperidine rings is 1. The molecule has 3 bridgehead atoms. The molecule has 0 amide bonds. The number of rotatable bonds is 12. The standard InChI is InChI=1S/C106H79B2N5/c1-9-32-71(33-10-1)80-63-98-102-99(64-80)111(104-84(72-34-11-2-12-35-72)48-29-49-85(104)73-36-13-3-14-37-73)94-56-27-25-54-90(94)107(102)92-67-93-97(68-96(92)110(98)81-46-23-8-24-47-81)113(106-88(76-42-19-6-20-43-76)52-31-53-89(106)77-44-21-7-22-45-77)101-66-83(109-69-78-59-58-70-60-79(78)62-82(109)61-70)65-100-103(101)108(93)91-55-26-28-57-95(91)112(100)105-86(74-38-15-4-16-39-74)50-30-51-87(105)75-40-17-5-18-41-75/h1-57,63-68,70,78-79,82H,58-62,69H2. The molecule has 23 rings (SSSR count). The van der Waals surface area contributed by atoms with Crippen LogP contribution in [-0.4, -0.2) is 26.0 Å². The Hall–Kier alpha value is -13.4. The zero-order valence-electron chi connectivity index (χ0n) is 62.8. The molecule has 113 heavy (non-hydrogen) atoms. The summed E-state index contributed by atoms with van der Waals surface area (Å²) >= 11 is 0. The van der Waals surface area contributed by atoms with Crippen molar-refractivity contribution in [2.45, 2.75) is 38.1 Å². The number of para-hydroxylation sites is 6. The summed E-state index contributed by atoms with van der Waals surface area (Å²) in [5.74, 6) is 2.17. The molecule has 5 nitrogen and oxygen atoms in total. The van der Waals surface area contributed by atoms with Gasteiger partial charge in [-0.25, -0.2) is 0 Å². The first-order chi connectivity index (χ1) is 56.1. The highest BCUT2D eigenvalue weighted by molar-refractivity contribution is 7.03. The molecule has 16 aromatic rings. The minimum Gasteiger partial charge on any atom is -0.368 e. The van der Waals surface area contributed by atoms with Gasteiger partial charge in [-0.2, -0.15) is 0 Å². The Labute approximate surface area is 662 Å². The predicted molar refractivity (Wildman–Crippen MR) is 477 cm³/mol. The molecular weight excluding hydrogens is 1360 g/mol. The van der Waals surface area contributed by atoms with Gasteiger partial charge in [-0.3, -0.25) is 0 Å². The van der Waals surface area contributed by atoms with Gasteiger partial charge in [-0.1, -0.05) is 334 Å². The molecule has 0 aromatic heterocycles. The summed E-state index contributed by atoms with van der Waals surface area (Å²) in [5, 5.41) is 0. The maximum atomic E-state index is 2.93. The summed E-state index contributed by atoms with van der Waals surface area (Å²) in [6.07, 6.45) is 6.50. The molecule has 7 heteroatoms. The lowest BCUT2D eigenvalue weighted by molar-refractivity contribution is 0.0755. The lowest BCUT2D eigenvalue weighted by Crippen LogP contribution is -2.65. The van der Waals surface area contributed by atoms with Crippen LogP contribution in [0.4, 0.5) is 73.9 Å². The van der Waals surface area contributed by atoms with Crippen LogP contribution < -0.4 is 57.3 Å². The summed E-state index contributed by atoms with van der Waals surface area (Å²) in [7, 11) is 0. The van der Waals surface area contributed by atoms with Gasteiger partial charge in [0, 0.05) is 103 Å². The van der Waals surface area contributed by atoms with Crippen LogP contribution in [0.1, 0.15) is 32.1 Å². The van der Waals surface area contributed by atoms with Gasteiger partial charge < -0.3 is 24.5 Å². The average Bonchev–Trinajstić information content (AvgIpc) is 0.676. The third-order valence-corrected chi connectivity index (χ3v) is 26.1. The van der Waals surface area contributed by atoms with Crippen molar-refractivity contribution >= 4 is 120 Å². The SMILES string of the molecule is c1ccc(-c2cc3c4c(c2)N(c2c(-c5ccccc5)cccc2-c2ccccc2)c2ccccc2B4c2cc4c(cc2N3c2ccccc2)N(c2c(-c3ccccc3)cccc2-c2ccccc2)c2cc(N3CC5CCC6CC5CC3C6)cc3c2B4c2ccccc2N3c2c(-c3ccccc3)cccc2-c2ccccc2)cc1. The van der Waals surface area contributed by atoms with Crippen LogP contribution >= 0.6 is 0 Å². The molecule has 5 aliphatic heterocycles. The van der Waals surface area contributed by atoms with E-state index in [9.17, 15) is 0 Å². The van der Waals surface area contributed by atoms with Crippen LogP contribution in [0.15, 0.2) is 382 Å². The number of nitrogens with zero attached hydrogens (tertiary/aromatic N) is 5. The maximum Gasteiger partial charge on any atom is 0.252 e. The summed E-state index contributed by atoms with van der Waals surface area (Å²) in [6.45, 7) is 0.584. The van der Waals surface area contributed by atoms with E-state index >= 15 is 0 Å². The molecule has 4 atom stereocenters. The minimum absolute atomic E-state index is 0.231. The van der Waals surface area contributed by atoms with Crippen LogP contribution in [0.5, 0.6) is 0 Å². The maximum absolute atomic E-state index is 2.93. The first-order valence-electron chi connectivity index (χ1n) is 40.6. The molecule has 0 N–H and O–H groups in total. The highest BCUT2D eigenvalue weighted by Gasteiger charge is 2.51. The van der Waals surface area contributed by atoms with E-state index in [4.69, 9.17) is 0 Å². The molecule has 1 saturated heterocycles. The Morgan fingerprint density at radius 3 is 0.982 bits per heavy atom. The highest BCUT2D eigenvalue weighted by Crippen LogP contribution is 2.58. The largest absolute Gasteiger partial charge is 0.368 e. The van der Waals surface area contributed by atoms with Crippen molar-refractivity contribution in [1.29, 1.82) is 0 Å². The fourth-order valence-electron chi connectivity index (χ4n) is 21.3. The average molecular weight is 1440 g/mol. The van der Waals surface area contributed by atoms with Gasteiger partial charge in [0.1, 0.15) is 0 Å². The third kappa shape index (κ3) is 10.5. The van der Waals surface area contributed by atoms with Gasteiger partial charge in [-0.05, 0) is 175 Å². The lowest BCUT2D eigenvalue weighted by atomic mass is 9.30. The van der Waals surface area contributed by atoms with Crippen molar-refractivity contribution in [1.82, 2.24) is 0 Å². The summed E-state index contributed by atoms with van der Waals surface area (Å²) in [6, 6.07) is 146. The molecule has 2 saturated carbocycles. The Kier molecular flexibility index (Phi) is 15.5. The number of fused-ring (bicyclic) bond motifs is 10. The molecule has 16 aromatic carbocycles. The van der Waals surface area contributed by atoms with E-state index in [-0.39, 0.29) is 13.4 Å². The van der Waals surface area contributed by atoms with Gasteiger partial charge in [0.25, 0.3) is 13.4 Å². The fourth-order valence-corrected chi connectivity index (χ4v) is 21.3. The van der Waals surface area contributed by atoms with Crippen LogP contribution in [0.2, 0.25) is 0 Å². The smallest absolute Gasteiger partial charge is 0.252 e. The second-order valence-corrected chi connectivity index (χ2v) is 32.1. The first-order valence-corrected chi connectivity index (χ1v) is 40.6. The molecular formula is C106H79B2N5. The zero-order chi connectivity index (χ0) is 74.2. The Morgan fingerprint density at radius 1 is 0.221 bits per heavy atom. The predicted octanol–water partition coefficient (Wildman–Crippen LogP) is 23.5. The molecule has 2 aliphatic carbocycles. The normalized spacial score (nSPS) is 17.0. The van der Waals surface area contributed by atoms with Crippen molar-refractivity contribution in [3.63, 3.8) is 0 Å². The number of hydrogen-bond donors (Lipinski definition) is 0. The van der Waals surface area contributed by atoms with Gasteiger partial charge in [0.15, 0.2) is 0 Å². The van der Waals surface area contributed by atoms with E-state index in [1.54, 1.807) is 0 Å². The van der Waals surface area contributed by atoms with Gasteiger partial charge >= 0.3 is 0 Å². The Bertz CT molecular complexity index is 6210. The van der Waals surface area contributed by atoms with Gasteiger partial charge in [0.2, 0.25) is 0 Å². The van der Waals surface area contributed by atoms with Crippen LogP contribution in [0.3, 0.4) is 0 Å². The van der Waals surface area contributed by atoms with E-state index in [1.807, 2.05) is 0 Å². The van der Waals surface area contributed by atoms with Gasteiger partial charge in [-0.15, -0.1) is 0 Å². The number of benzene rings is 16. The second kappa shape index (κ2) is 26.7. The molecule has 3 fully saturated rings. The summed E-state index contributed by atoms with van der Waals surface area (Å²) < 4.78 is 0. The van der Waals surface area contributed by atoms with E-state index in [2.05, 4.69) is 407 Å². The van der Waals surface area contributed by atoms with Gasteiger partial charge in [0.05, 0.1) is 17.1 Å². The van der Waals surface area contributed by atoms with E-state index in [1.165, 1.54) is 127 Å². The number of hydrogen-bond acceptors (Lipinski definition) is 5.